The van der Waals surface area contributed by atoms with Gasteiger partial charge < -0.3 is 10.1 Å². The Bertz CT molecular complexity index is 735. The lowest BCUT2D eigenvalue weighted by molar-refractivity contribution is -0.385. The lowest BCUT2D eigenvalue weighted by atomic mass is 10.2. The highest BCUT2D eigenvalue weighted by Crippen LogP contribution is 2.35. The van der Waals surface area contributed by atoms with Gasteiger partial charge in [0.2, 0.25) is 0 Å². The molecule has 0 radical (unpaired) electrons. The summed E-state index contributed by atoms with van der Waals surface area (Å²) in [4.78, 5) is 14.0. The molecule has 0 aliphatic carbocycles. The molecule has 0 aliphatic heterocycles. The first-order chi connectivity index (χ1) is 11.3. The number of hydrogen-bond donors (Lipinski definition) is 1. The van der Waals surface area contributed by atoms with Gasteiger partial charge >= 0.3 is 6.18 Å². The van der Waals surface area contributed by atoms with E-state index < -0.39 is 16.7 Å². The monoisotopic (exact) mass is 341 g/mol. The quantitative estimate of drug-likeness (QED) is 0.491. The van der Waals surface area contributed by atoms with E-state index in [1.165, 1.54) is 24.3 Å². The van der Waals surface area contributed by atoms with Crippen molar-refractivity contribution in [1.82, 2.24) is 4.98 Å². The van der Waals surface area contributed by atoms with E-state index in [1.54, 1.807) is 6.92 Å². The summed E-state index contributed by atoms with van der Waals surface area (Å²) in [6.45, 7) is 1.74. The Balaban J connectivity index is 1.92. The third-order valence-corrected chi connectivity index (χ3v) is 3.14. The lowest BCUT2D eigenvalue weighted by Crippen LogP contribution is -2.15. The fourth-order valence-electron chi connectivity index (χ4n) is 2.00. The smallest absolute Gasteiger partial charge is 0.419 e. The molecule has 0 unspecified atom stereocenters. The van der Waals surface area contributed by atoms with Crippen LogP contribution in [-0.4, -0.2) is 23.1 Å². The fraction of sp³-hybridized carbons (Fsp3) is 0.267. The molecule has 1 aromatic heterocycles. The summed E-state index contributed by atoms with van der Waals surface area (Å²) in [5, 5.41) is 13.5. The molecule has 9 heteroatoms. The van der Waals surface area contributed by atoms with Crippen molar-refractivity contribution in [3.05, 3.63) is 57.8 Å². The molecule has 1 heterocycles. The number of pyridine rings is 1. The summed E-state index contributed by atoms with van der Waals surface area (Å²) < 4.78 is 43.6. The first kappa shape index (κ1) is 17.5. The van der Waals surface area contributed by atoms with Gasteiger partial charge in [0, 0.05) is 5.56 Å². The number of hydrogen-bond acceptors (Lipinski definition) is 5. The van der Waals surface area contributed by atoms with E-state index >= 15 is 0 Å². The van der Waals surface area contributed by atoms with Crippen LogP contribution >= 0.6 is 0 Å². The minimum absolute atomic E-state index is 0.0230. The van der Waals surface area contributed by atoms with Crippen molar-refractivity contribution >= 4 is 11.5 Å². The maximum atomic E-state index is 12.8. The number of aryl methyl sites for hydroxylation is 1. The highest BCUT2D eigenvalue weighted by Gasteiger charge is 2.33. The predicted octanol–water partition coefficient (Wildman–Crippen LogP) is 3.81. The van der Waals surface area contributed by atoms with Crippen LogP contribution < -0.4 is 10.1 Å². The summed E-state index contributed by atoms with van der Waals surface area (Å²) in [5.41, 5.74) is -0.508. The first-order valence-electron chi connectivity index (χ1n) is 6.93. The second kappa shape index (κ2) is 7.16. The standard InChI is InChI=1S/C15H14F3N3O3/c1-10-8-14(20-9-12(10)21(22)23)19-6-7-24-13-5-3-2-4-11(13)15(16,17)18/h2-5,8-9H,6-7H2,1H3,(H,19,20). The summed E-state index contributed by atoms with van der Waals surface area (Å²) in [6.07, 6.45) is -3.36. The Kier molecular flexibility index (Phi) is 5.22. The zero-order chi connectivity index (χ0) is 17.7. The van der Waals surface area contributed by atoms with Crippen LogP contribution in [0, 0.1) is 17.0 Å². The molecular weight excluding hydrogens is 327 g/mol. The maximum absolute atomic E-state index is 12.8. The molecule has 6 nitrogen and oxygen atoms in total. The molecule has 0 aliphatic rings. The third kappa shape index (κ3) is 4.34. The summed E-state index contributed by atoms with van der Waals surface area (Å²) in [7, 11) is 0. The average molecular weight is 341 g/mol. The van der Waals surface area contributed by atoms with Crippen molar-refractivity contribution in [3.63, 3.8) is 0 Å². The number of halogens is 3. The van der Waals surface area contributed by atoms with E-state index in [4.69, 9.17) is 4.74 Å². The van der Waals surface area contributed by atoms with Crippen LogP contribution in [0.4, 0.5) is 24.7 Å². The van der Waals surface area contributed by atoms with Gasteiger partial charge in [0.25, 0.3) is 5.69 Å². The van der Waals surface area contributed by atoms with Crippen LogP contribution in [0.5, 0.6) is 5.75 Å². The average Bonchev–Trinajstić information content (AvgIpc) is 2.50. The van der Waals surface area contributed by atoms with E-state index in [9.17, 15) is 23.3 Å². The van der Waals surface area contributed by atoms with Gasteiger partial charge in [0.1, 0.15) is 24.4 Å². The highest BCUT2D eigenvalue weighted by atomic mass is 19.4. The number of nitrogens with zero attached hydrogens (tertiary/aromatic N) is 2. The van der Waals surface area contributed by atoms with Crippen molar-refractivity contribution < 1.29 is 22.8 Å². The number of aromatic nitrogens is 1. The number of ether oxygens (including phenoxy) is 1. The molecule has 0 saturated carbocycles. The van der Waals surface area contributed by atoms with Gasteiger partial charge in [-0.05, 0) is 25.1 Å². The van der Waals surface area contributed by atoms with Gasteiger partial charge in [-0.15, -0.1) is 0 Å². The van der Waals surface area contributed by atoms with Gasteiger partial charge in [0.15, 0.2) is 0 Å². The molecular formula is C15H14F3N3O3. The van der Waals surface area contributed by atoms with Crippen LogP contribution in [0.3, 0.4) is 0 Å². The van der Waals surface area contributed by atoms with Crippen LogP contribution in [0.2, 0.25) is 0 Å². The molecule has 1 aromatic carbocycles. The molecule has 0 fully saturated rings. The number of para-hydroxylation sites is 1. The molecule has 2 aromatic rings. The van der Waals surface area contributed by atoms with Crippen molar-refractivity contribution in [3.8, 4) is 5.75 Å². The van der Waals surface area contributed by atoms with Gasteiger partial charge in [-0.1, -0.05) is 12.1 Å². The molecule has 1 N–H and O–H groups in total. The Hall–Kier alpha value is -2.84. The molecule has 128 valence electrons. The van der Waals surface area contributed by atoms with Gasteiger partial charge in [-0.25, -0.2) is 4.98 Å². The Labute approximate surface area is 135 Å². The maximum Gasteiger partial charge on any atom is 0.419 e. The Morgan fingerprint density at radius 1 is 1.33 bits per heavy atom. The molecule has 0 atom stereocenters. The number of nitro groups is 1. The molecule has 2 rings (SSSR count). The highest BCUT2D eigenvalue weighted by molar-refractivity contribution is 5.46. The predicted molar refractivity (Wildman–Crippen MR) is 81.1 cm³/mol. The molecule has 0 spiro atoms. The Morgan fingerprint density at radius 2 is 2.04 bits per heavy atom. The van der Waals surface area contributed by atoms with Gasteiger partial charge in [-0.2, -0.15) is 13.2 Å². The largest absolute Gasteiger partial charge is 0.491 e. The molecule has 0 amide bonds. The second-order valence-electron chi connectivity index (χ2n) is 4.88. The topological polar surface area (TPSA) is 77.3 Å². The van der Waals surface area contributed by atoms with E-state index in [-0.39, 0.29) is 24.6 Å². The molecule has 24 heavy (non-hydrogen) atoms. The number of rotatable bonds is 6. The number of benzene rings is 1. The number of alkyl halides is 3. The number of anilines is 1. The van der Waals surface area contributed by atoms with E-state index in [0.29, 0.717) is 11.4 Å². The normalized spacial score (nSPS) is 11.2. The van der Waals surface area contributed by atoms with Gasteiger partial charge in [-0.3, -0.25) is 10.1 Å². The van der Waals surface area contributed by atoms with E-state index in [0.717, 1.165) is 12.3 Å². The summed E-state index contributed by atoms with van der Waals surface area (Å²) in [5.74, 6) is 0.130. The molecule has 0 saturated heterocycles. The summed E-state index contributed by atoms with van der Waals surface area (Å²) >= 11 is 0. The van der Waals surface area contributed by atoms with Crippen molar-refractivity contribution in [2.75, 3.05) is 18.5 Å². The minimum Gasteiger partial charge on any atom is -0.491 e. The van der Waals surface area contributed by atoms with Crippen molar-refractivity contribution in [2.24, 2.45) is 0 Å². The first-order valence-corrected chi connectivity index (χ1v) is 6.93. The van der Waals surface area contributed by atoms with E-state index in [2.05, 4.69) is 10.3 Å². The lowest BCUT2D eigenvalue weighted by Gasteiger charge is -2.14. The van der Waals surface area contributed by atoms with Crippen LogP contribution in [0.25, 0.3) is 0 Å². The zero-order valence-corrected chi connectivity index (χ0v) is 12.6. The third-order valence-electron chi connectivity index (χ3n) is 3.14. The minimum atomic E-state index is -4.49. The zero-order valence-electron chi connectivity index (χ0n) is 12.6. The SMILES string of the molecule is Cc1cc(NCCOc2ccccc2C(F)(F)F)ncc1[N+](=O)[O-]. The van der Waals surface area contributed by atoms with Gasteiger partial charge in [0.05, 0.1) is 17.0 Å². The Morgan fingerprint density at radius 3 is 2.67 bits per heavy atom. The van der Waals surface area contributed by atoms with Crippen LogP contribution in [-0.2, 0) is 6.18 Å². The van der Waals surface area contributed by atoms with Crippen LogP contribution in [0.15, 0.2) is 36.5 Å². The van der Waals surface area contributed by atoms with Crippen molar-refractivity contribution in [2.45, 2.75) is 13.1 Å². The fourth-order valence-corrected chi connectivity index (χ4v) is 2.00. The molecule has 0 bridgehead atoms. The van der Waals surface area contributed by atoms with E-state index in [1.807, 2.05) is 0 Å². The van der Waals surface area contributed by atoms with Crippen molar-refractivity contribution in [1.29, 1.82) is 0 Å². The number of nitrogens with one attached hydrogen (secondary N) is 1. The summed E-state index contributed by atoms with van der Waals surface area (Å²) in [6, 6.07) is 6.43. The van der Waals surface area contributed by atoms with Crippen LogP contribution in [0.1, 0.15) is 11.1 Å². The second-order valence-corrected chi connectivity index (χ2v) is 4.88.